The highest BCUT2D eigenvalue weighted by Gasteiger charge is 1.98. The van der Waals surface area contributed by atoms with Crippen molar-refractivity contribution in [3.8, 4) is 11.5 Å². The third-order valence-corrected chi connectivity index (χ3v) is 4.74. The minimum absolute atomic E-state index is 0.447. The predicted molar refractivity (Wildman–Crippen MR) is 113 cm³/mol. The summed E-state index contributed by atoms with van der Waals surface area (Å²) >= 11 is 0. The highest BCUT2D eigenvalue weighted by atomic mass is 16.5. The van der Waals surface area contributed by atoms with E-state index >= 15 is 0 Å². The molecule has 0 aliphatic heterocycles. The highest BCUT2D eigenvalue weighted by Crippen LogP contribution is 2.15. The Morgan fingerprint density at radius 1 is 0.517 bits per heavy atom. The summed E-state index contributed by atoms with van der Waals surface area (Å²) < 4.78 is 11.5. The Hall–Kier alpha value is -2.12. The van der Waals surface area contributed by atoms with Gasteiger partial charge >= 0.3 is 0 Å². The summed E-state index contributed by atoms with van der Waals surface area (Å²) in [6.07, 6.45) is 8.27. The molecule has 0 spiro atoms. The molecule has 0 heterocycles. The highest BCUT2D eigenvalue weighted by molar-refractivity contribution is 5.27. The van der Waals surface area contributed by atoms with Gasteiger partial charge in [0, 0.05) is 13.1 Å². The molecule has 0 amide bonds. The van der Waals surface area contributed by atoms with Gasteiger partial charge in [-0.25, -0.2) is 11.0 Å². The molecule has 0 fully saturated rings. The van der Waals surface area contributed by atoms with Gasteiger partial charge in [0.15, 0.2) is 0 Å². The number of hydrogen-bond acceptors (Lipinski definition) is 6. The van der Waals surface area contributed by atoms with Gasteiger partial charge in [-0.2, -0.15) is 0 Å². The molecule has 6 heteroatoms. The molecule has 0 saturated heterocycles. The minimum atomic E-state index is 0.447. The molecule has 0 bridgehead atoms. The zero-order valence-electron chi connectivity index (χ0n) is 17.1. The van der Waals surface area contributed by atoms with Crippen molar-refractivity contribution < 1.29 is 19.9 Å². The van der Waals surface area contributed by atoms with Crippen LogP contribution in [0.1, 0.15) is 56.1 Å². The zero-order valence-corrected chi connectivity index (χ0v) is 17.1. The molecule has 4 N–H and O–H groups in total. The van der Waals surface area contributed by atoms with Gasteiger partial charge in [0.05, 0.1) is 13.2 Å². The third kappa shape index (κ3) is 10.3. The van der Waals surface area contributed by atoms with Crippen LogP contribution in [0, 0.1) is 0 Å². The number of ether oxygens (including phenoxy) is 2. The van der Waals surface area contributed by atoms with E-state index in [0.29, 0.717) is 13.1 Å². The van der Waals surface area contributed by atoms with Gasteiger partial charge in [-0.3, -0.25) is 0 Å². The summed E-state index contributed by atoms with van der Waals surface area (Å²) in [7, 11) is 0. The lowest BCUT2D eigenvalue weighted by Gasteiger charge is -2.08. The molecule has 0 atom stereocenters. The number of hydroxylamine groups is 2. The summed E-state index contributed by atoms with van der Waals surface area (Å²) in [6, 6.07) is 15.6. The Morgan fingerprint density at radius 3 is 1.21 bits per heavy atom. The van der Waals surface area contributed by atoms with Crippen LogP contribution >= 0.6 is 0 Å². The van der Waals surface area contributed by atoms with Gasteiger partial charge in [-0.05, 0) is 48.2 Å². The number of rotatable bonds is 16. The first-order valence-electron chi connectivity index (χ1n) is 10.5. The molecular weight excluding hydrogens is 368 g/mol. The van der Waals surface area contributed by atoms with Crippen molar-refractivity contribution >= 4 is 0 Å². The molecule has 2 aromatic rings. The first-order valence-corrected chi connectivity index (χ1v) is 10.5. The first-order chi connectivity index (χ1) is 14.3. The average Bonchev–Trinajstić information content (AvgIpc) is 2.75. The van der Waals surface area contributed by atoms with Crippen molar-refractivity contribution in [2.75, 3.05) is 13.2 Å². The SMILES string of the molecule is ONCc1ccc(OCCCCCCCCCOc2ccc(CNO)cc2)cc1. The van der Waals surface area contributed by atoms with E-state index in [4.69, 9.17) is 19.9 Å². The Balaban J connectivity index is 1.39. The van der Waals surface area contributed by atoms with Crippen LogP contribution in [0.2, 0.25) is 0 Å². The van der Waals surface area contributed by atoms with E-state index in [9.17, 15) is 0 Å². The molecule has 0 aromatic heterocycles. The summed E-state index contributed by atoms with van der Waals surface area (Å²) in [5.74, 6) is 1.76. The number of hydrogen-bond donors (Lipinski definition) is 4. The number of nitrogens with one attached hydrogen (secondary N) is 2. The molecular formula is C23H34N2O4. The fourth-order valence-corrected chi connectivity index (χ4v) is 3.06. The maximum atomic E-state index is 8.67. The van der Waals surface area contributed by atoms with Crippen LogP contribution < -0.4 is 20.4 Å². The van der Waals surface area contributed by atoms with Crippen LogP contribution in [0.25, 0.3) is 0 Å². The van der Waals surface area contributed by atoms with Gasteiger partial charge in [0.2, 0.25) is 0 Å². The smallest absolute Gasteiger partial charge is 0.119 e. The Labute approximate surface area is 173 Å². The average molecular weight is 403 g/mol. The molecule has 6 nitrogen and oxygen atoms in total. The van der Waals surface area contributed by atoms with Crippen LogP contribution in [0.5, 0.6) is 11.5 Å². The largest absolute Gasteiger partial charge is 0.494 e. The van der Waals surface area contributed by atoms with Crippen LogP contribution in [0.15, 0.2) is 48.5 Å². The van der Waals surface area contributed by atoms with E-state index < -0.39 is 0 Å². The first kappa shape index (κ1) is 23.2. The van der Waals surface area contributed by atoms with Crippen molar-refractivity contribution in [2.24, 2.45) is 0 Å². The Bertz CT molecular complexity index is 589. The van der Waals surface area contributed by atoms with Gasteiger partial charge in [0.25, 0.3) is 0 Å². The number of unbranched alkanes of at least 4 members (excludes halogenated alkanes) is 6. The van der Waals surface area contributed by atoms with Crippen LogP contribution in [-0.2, 0) is 13.1 Å². The monoisotopic (exact) mass is 402 g/mol. The third-order valence-electron chi connectivity index (χ3n) is 4.74. The molecule has 0 radical (unpaired) electrons. The van der Waals surface area contributed by atoms with E-state index in [-0.39, 0.29) is 0 Å². The van der Waals surface area contributed by atoms with E-state index in [2.05, 4.69) is 11.0 Å². The Kier molecular flexibility index (Phi) is 11.8. The van der Waals surface area contributed by atoms with Crippen molar-refractivity contribution in [2.45, 2.75) is 58.0 Å². The summed E-state index contributed by atoms with van der Waals surface area (Å²) in [5.41, 5.74) is 6.35. The van der Waals surface area contributed by atoms with E-state index in [1.807, 2.05) is 48.5 Å². The Morgan fingerprint density at radius 2 is 0.862 bits per heavy atom. The molecule has 0 unspecified atom stereocenters. The van der Waals surface area contributed by atoms with E-state index in [1.54, 1.807) is 0 Å². The molecule has 0 saturated carbocycles. The minimum Gasteiger partial charge on any atom is -0.494 e. The van der Waals surface area contributed by atoms with E-state index in [0.717, 1.165) is 48.7 Å². The van der Waals surface area contributed by atoms with Gasteiger partial charge in [-0.1, -0.05) is 56.4 Å². The molecule has 160 valence electrons. The van der Waals surface area contributed by atoms with E-state index in [1.165, 1.54) is 32.1 Å². The lowest BCUT2D eigenvalue weighted by atomic mass is 10.1. The summed E-state index contributed by atoms with van der Waals surface area (Å²) in [6.45, 7) is 2.39. The molecule has 29 heavy (non-hydrogen) atoms. The zero-order chi connectivity index (χ0) is 20.6. The predicted octanol–water partition coefficient (Wildman–Crippen LogP) is 4.83. The second-order valence-electron chi connectivity index (χ2n) is 7.13. The van der Waals surface area contributed by atoms with Crippen molar-refractivity contribution in [3.05, 3.63) is 59.7 Å². The standard InChI is InChI=1S/C23H34N2O4/c26-24-18-20-8-12-22(13-9-20)28-16-6-4-2-1-3-5-7-17-29-23-14-10-21(11-15-23)19-25-27/h8-15,24-27H,1-7,16-19H2. The molecule has 2 rings (SSSR count). The van der Waals surface area contributed by atoms with Gasteiger partial charge in [0.1, 0.15) is 11.5 Å². The van der Waals surface area contributed by atoms with Crippen molar-refractivity contribution in [1.82, 2.24) is 11.0 Å². The maximum Gasteiger partial charge on any atom is 0.119 e. The normalized spacial score (nSPS) is 10.8. The van der Waals surface area contributed by atoms with Crippen LogP contribution in [-0.4, -0.2) is 23.6 Å². The maximum absolute atomic E-state index is 8.67. The van der Waals surface area contributed by atoms with Crippen LogP contribution in [0.3, 0.4) is 0 Å². The fourth-order valence-electron chi connectivity index (χ4n) is 3.06. The second kappa shape index (κ2) is 14.8. The van der Waals surface area contributed by atoms with Crippen LogP contribution in [0.4, 0.5) is 0 Å². The van der Waals surface area contributed by atoms with Crippen molar-refractivity contribution in [3.63, 3.8) is 0 Å². The fraction of sp³-hybridized carbons (Fsp3) is 0.478. The summed E-state index contributed by atoms with van der Waals surface area (Å²) in [5, 5.41) is 17.3. The molecule has 0 aliphatic carbocycles. The second-order valence-corrected chi connectivity index (χ2v) is 7.13. The summed E-state index contributed by atoms with van der Waals surface area (Å²) in [4.78, 5) is 0. The lowest BCUT2D eigenvalue weighted by molar-refractivity contribution is 0.161. The quantitative estimate of drug-likeness (QED) is 0.238. The van der Waals surface area contributed by atoms with Crippen molar-refractivity contribution in [1.29, 1.82) is 0 Å². The molecule has 0 aliphatic rings. The van der Waals surface area contributed by atoms with Gasteiger partial charge in [-0.15, -0.1) is 0 Å². The number of benzene rings is 2. The molecule has 2 aromatic carbocycles. The van der Waals surface area contributed by atoms with Gasteiger partial charge < -0.3 is 19.9 Å². The lowest BCUT2D eigenvalue weighted by Crippen LogP contribution is -2.05. The topological polar surface area (TPSA) is 83.0 Å².